The summed E-state index contributed by atoms with van der Waals surface area (Å²) in [7, 11) is 0. The highest BCUT2D eigenvalue weighted by Crippen LogP contribution is 2.29. The summed E-state index contributed by atoms with van der Waals surface area (Å²) in [5, 5.41) is 7.35. The number of pyridine rings is 1. The summed E-state index contributed by atoms with van der Waals surface area (Å²) < 4.78 is 0.893. The first-order valence-corrected chi connectivity index (χ1v) is 6.54. The van der Waals surface area contributed by atoms with Crippen LogP contribution in [-0.2, 0) is 0 Å². The van der Waals surface area contributed by atoms with Gasteiger partial charge in [-0.15, -0.1) is 0 Å². The van der Waals surface area contributed by atoms with E-state index in [1.807, 2.05) is 6.92 Å². The van der Waals surface area contributed by atoms with Crippen molar-refractivity contribution in [2.45, 2.75) is 25.8 Å². The molecule has 1 aromatic rings. The maximum atomic E-state index is 6.15. The summed E-state index contributed by atoms with van der Waals surface area (Å²) in [5.74, 6) is 0.598. The fraction of sp³-hybridized carbons (Fsp3) is 0.400. The Morgan fingerprint density at radius 1 is 1.62 bits per heavy atom. The van der Waals surface area contributed by atoms with Crippen LogP contribution in [0.25, 0.3) is 0 Å². The van der Waals surface area contributed by atoms with Crippen molar-refractivity contribution < 1.29 is 0 Å². The van der Waals surface area contributed by atoms with Crippen LogP contribution in [0.3, 0.4) is 0 Å². The van der Waals surface area contributed by atoms with E-state index < -0.39 is 0 Å². The van der Waals surface area contributed by atoms with Crippen molar-refractivity contribution in [3.8, 4) is 0 Å². The average molecular weight is 321 g/mol. The quantitative estimate of drug-likeness (QED) is 0.820. The van der Waals surface area contributed by atoms with Gasteiger partial charge in [0, 0.05) is 16.7 Å². The predicted octanol–water partition coefficient (Wildman–Crippen LogP) is 3.25. The maximum absolute atomic E-state index is 6.15. The van der Waals surface area contributed by atoms with E-state index in [0.29, 0.717) is 22.0 Å². The van der Waals surface area contributed by atoms with Gasteiger partial charge < -0.3 is 10.6 Å². The van der Waals surface area contributed by atoms with Gasteiger partial charge in [-0.05, 0) is 53.5 Å². The van der Waals surface area contributed by atoms with E-state index in [1.165, 1.54) is 12.8 Å². The van der Waals surface area contributed by atoms with Gasteiger partial charge in [0.2, 0.25) is 0 Å². The molecule has 0 aromatic carbocycles. The van der Waals surface area contributed by atoms with Crippen LogP contribution in [0, 0.1) is 6.92 Å². The minimum atomic E-state index is 0.523. The van der Waals surface area contributed by atoms with Crippen molar-refractivity contribution >= 4 is 50.7 Å². The second kappa shape index (κ2) is 4.85. The molecule has 2 rings (SSSR count). The van der Waals surface area contributed by atoms with Crippen LogP contribution in [0.2, 0.25) is 5.02 Å². The first kappa shape index (κ1) is 12.1. The van der Waals surface area contributed by atoms with Crippen molar-refractivity contribution in [2.24, 2.45) is 0 Å². The van der Waals surface area contributed by atoms with Crippen LogP contribution in [0.15, 0.2) is 10.7 Å². The number of aromatic nitrogens is 1. The van der Waals surface area contributed by atoms with E-state index in [9.17, 15) is 0 Å². The lowest BCUT2D eigenvalue weighted by Crippen LogP contribution is -2.30. The fourth-order valence-electron chi connectivity index (χ4n) is 1.20. The molecule has 0 amide bonds. The van der Waals surface area contributed by atoms with Crippen molar-refractivity contribution in [3.63, 3.8) is 0 Å². The number of thiocarbonyl (C=S) groups is 1. The molecule has 1 aliphatic rings. The standard InChI is InChI=1S/C10H11BrClN3S/c1-5-7(11)4-13-9(8(5)12)15-10(16)14-6-2-3-6/h4,6H,2-3H2,1H3,(H2,13,14,15,16). The molecular weight excluding hydrogens is 310 g/mol. The predicted molar refractivity (Wildman–Crippen MR) is 74.1 cm³/mol. The lowest BCUT2D eigenvalue weighted by Gasteiger charge is -2.11. The molecule has 0 bridgehead atoms. The smallest absolute Gasteiger partial charge is 0.172 e. The Labute approximate surface area is 113 Å². The Balaban J connectivity index is 2.08. The van der Waals surface area contributed by atoms with Gasteiger partial charge in [0.25, 0.3) is 0 Å². The average Bonchev–Trinajstić information content (AvgIpc) is 3.03. The van der Waals surface area contributed by atoms with Crippen LogP contribution in [0.5, 0.6) is 0 Å². The van der Waals surface area contributed by atoms with Crippen molar-refractivity contribution in [1.29, 1.82) is 0 Å². The van der Waals surface area contributed by atoms with Gasteiger partial charge in [0.05, 0.1) is 5.02 Å². The summed E-state index contributed by atoms with van der Waals surface area (Å²) in [6.07, 6.45) is 4.08. The molecule has 0 spiro atoms. The largest absolute Gasteiger partial charge is 0.360 e. The highest BCUT2D eigenvalue weighted by Gasteiger charge is 2.22. The molecule has 1 saturated carbocycles. The van der Waals surface area contributed by atoms with Crippen LogP contribution in [0.1, 0.15) is 18.4 Å². The van der Waals surface area contributed by atoms with Gasteiger partial charge in [-0.2, -0.15) is 0 Å². The van der Waals surface area contributed by atoms with Crippen LogP contribution in [-0.4, -0.2) is 16.1 Å². The molecule has 1 fully saturated rings. The highest BCUT2D eigenvalue weighted by atomic mass is 79.9. The number of hydrogen-bond acceptors (Lipinski definition) is 2. The van der Waals surface area contributed by atoms with Gasteiger partial charge in [-0.1, -0.05) is 11.6 Å². The first-order chi connectivity index (χ1) is 7.58. The third-order valence-corrected chi connectivity index (χ3v) is 3.83. The summed E-state index contributed by atoms with van der Waals surface area (Å²) in [5.41, 5.74) is 0.952. The molecule has 86 valence electrons. The van der Waals surface area contributed by atoms with Gasteiger partial charge in [-0.3, -0.25) is 0 Å². The monoisotopic (exact) mass is 319 g/mol. The highest BCUT2D eigenvalue weighted by molar-refractivity contribution is 9.10. The number of hydrogen-bond donors (Lipinski definition) is 2. The summed E-state index contributed by atoms with van der Waals surface area (Å²) >= 11 is 14.7. The van der Waals surface area contributed by atoms with E-state index in [2.05, 4.69) is 31.5 Å². The molecule has 16 heavy (non-hydrogen) atoms. The van der Waals surface area contributed by atoms with Gasteiger partial charge in [-0.25, -0.2) is 4.98 Å². The van der Waals surface area contributed by atoms with Gasteiger partial charge in [0.15, 0.2) is 10.9 Å². The molecule has 2 N–H and O–H groups in total. The van der Waals surface area contributed by atoms with Gasteiger partial charge in [0.1, 0.15) is 0 Å². The second-order valence-electron chi connectivity index (χ2n) is 3.77. The second-order valence-corrected chi connectivity index (χ2v) is 5.41. The maximum Gasteiger partial charge on any atom is 0.172 e. The molecule has 6 heteroatoms. The molecule has 0 unspecified atom stereocenters. The summed E-state index contributed by atoms with van der Waals surface area (Å²) in [6, 6.07) is 0.523. The number of rotatable bonds is 2. The molecule has 0 atom stereocenters. The number of nitrogens with one attached hydrogen (secondary N) is 2. The Morgan fingerprint density at radius 3 is 2.94 bits per heavy atom. The van der Waals surface area contributed by atoms with Crippen LogP contribution >= 0.6 is 39.7 Å². The Bertz CT molecular complexity index is 434. The molecular formula is C10H11BrClN3S. The molecule has 0 saturated heterocycles. The van der Waals surface area contributed by atoms with E-state index in [-0.39, 0.29) is 0 Å². The normalized spacial score (nSPS) is 14.7. The topological polar surface area (TPSA) is 37.0 Å². The van der Waals surface area contributed by atoms with Crippen molar-refractivity contribution in [2.75, 3.05) is 5.32 Å². The van der Waals surface area contributed by atoms with Crippen molar-refractivity contribution in [3.05, 3.63) is 21.3 Å². The SMILES string of the molecule is Cc1c(Br)cnc(NC(=S)NC2CC2)c1Cl. The fourth-order valence-corrected chi connectivity index (χ4v) is 2.08. The molecule has 1 heterocycles. The Kier molecular flexibility index (Phi) is 3.66. The zero-order valence-corrected chi connectivity index (χ0v) is 11.8. The van der Waals surface area contributed by atoms with E-state index >= 15 is 0 Å². The number of halogens is 2. The summed E-state index contributed by atoms with van der Waals surface area (Å²) in [4.78, 5) is 4.19. The van der Waals surface area contributed by atoms with E-state index in [1.54, 1.807) is 6.20 Å². The zero-order chi connectivity index (χ0) is 11.7. The lowest BCUT2D eigenvalue weighted by atomic mass is 10.3. The molecule has 1 aliphatic carbocycles. The first-order valence-electron chi connectivity index (χ1n) is 4.96. The van der Waals surface area contributed by atoms with Gasteiger partial charge >= 0.3 is 0 Å². The number of nitrogens with zero attached hydrogens (tertiary/aromatic N) is 1. The van der Waals surface area contributed by atoms with E-state index in [0.717, 1.165) is 10.0 Å². The minimum Gasteiger partial charge on any atom is -0.360 e. The lowest BCUT2D eigenvalue weighted by molar-refractivity contribution is 0.918. The molecule has 1 aromatic heterocycles. The summed E-state index contributed by atoms with van der Waals surface area (Å²) in [6.45, 7) is 1.93. The zero-order valence-electron chi connectivity index (χ0n) is 8.68. The van der Waals surface area contributed by atoms with Crippen LogP contribution < -0.4 is 10.6 Å². The van der Waals surface area contributed by atoms with E-state index in [4.69, 9.17) is 23.8 Å². The third kappa shape index (κ3) is 2.84. The molecule has 0 radical (unpaired) electrons. The Morgan fingerprint density at radius 2 is 2.31 bits per heavy atom. The van der Waals surface area contributed by atoms with Crippen molar-refractivity contribution in [1.82, 2.24) is 10.3 Å². The van der Waals surface area contributed by atoms with Crippen LogP contribution in [0.4, 0.5) is 5.82 Å². The number of anilines is 1. The third-order valence-electron chi connectivity index (χ3n) is 2.35. The minimum absolute atomic E-state index is 0.523. The molecule has 0 aliphatic heterocycles. The Hall–Kier alpha value is -0.390. The molecule has 3 nitrogen and oxygen atoms in total.